The second-order valence-electron chi connectivity index (χ2n) is 7.35. The first-order chi connectivity index (χ1) is 14.1. The van der Waals surface area contributed by atoms with Crippen LogP contribution in [0.4, 0.5) is 5.00 Å². The quantitative estimate of drug-likeness (QED) is 0.536. The smallest absolute Gasteiger partial charge is 0.266 e. The maximum absolute atomic E-state index is 12.8. The third-order valence-corrected chi connectivity index (χ3v) is 7.62. The molecule has 0 radical (unpaired) electrons. The summed E-state index contributed by atoms with van der Waals surface area (Å²) >= 11 is 3.13. The summed E-state index contributed by atoms with van der Waals surface area (Å²) in [6.45, 7) is 6.40. The van der Waals surface area contributed by atoms with Gasteiger partial charge in [-0.25, -0.2) is 0 Å². The van der Waals surface area contributed by atoms with Gasteiger partial charge in [0.25, 0.3) is 5.91 Å². The van der Waals surface area contributed by atoms with E-state index in [-0.39, 0.29) is 11.9 Å². The van der Waals surface area contributed by atoms with E-state index >= 15 is 0 Å². The molecule has 6 heteroatoms. The molecule has 4 rings (SSSR count). The van der Waals surface area contributed by atoms with Crippen molar-refractivity contribution in [2.45, 2.75) is 32.7 Å². The highest BCUT2D eigenvalue weighted by Crippen LogP contribution is 2.45. The Balaban J connectivity index is 1.81. The van der Waals surface area contributed by atoms with E-state index in [1.165, 1.54) is 40.2 Å². The first-order valence-corrected chi connectivity index (χ1v) is 11.6. The van der Waals surface area contributed by atoms with Gasteiger partial charge in [-0.3, -0.25) is 9.69 Å². The molecule has 1 fully saturated rings. The molecule has 1 amide bonds. The standard InChI is InChI=1S/C23H26N2O2S2/c1-15-16(2)29-23(24-22(26)19-11-8-14-28-19)20(15)21(25-12-6-7-13-25)17-9-4-5-10-18(17)27-3/h4-5,8-11,14,21H,6-7,12-13H2,1-3H3,(H,24,26)/t21-/m0/s1. The molecule has 1 saturated heterocycles. The van der Waals surface area contributed by atoms with E-state index in [1.807, 2.05) is 29.6 Å². The monoisotopic (exact) mass is 426 g/mol. The van der Waals surface area contributed by atoms with Crippen molar-refractivity contribution in [3.63, 3.8) is 0 Å². The number of carbonyl (C=O) groups is 1. The number of nitrogens with one attached hydrogen (secondary N) is 1. The average Bonchev–Trinajstić information content (AvgIpc) is 3.48. The van der Waals surface area contributed by atoms with Gasteiger partial charge in [-0.05, 0) is 62.9 Å². The molecule has 1 atom stereocenters. The van der Waals surface area contributed by atoms with Crippen LogP contribution in [0, 0.1) is 13.8 Å². The van der Waals surface area contributed by atoms with Gasteiger partial charge in [0.2, 0.25) is 0 Å². The van der Waals surface area contributed by atoms with E-state index in [9.17, 15) is 4.79 Å². The van der Waals surface area contributed by atoms with Crippen LogP contribution in [-0.4, -0.2) is 31.0 Å². The zero-order chi connectivity index (χ0) is 20.4. The molecule has 3 heterocycles. The first-order valence-electron chi connectivity index (χ1n) is 9.92. The van der Waals surface area contributed by atoms with E-state index < -0.39 is 0 Å². The molecule has 0 bridgehead atoms. The van der Waals surface area contributed by atoms with Crippen molar-refractivity contribution in [3.8, 4) is 5.75 Å². The van der Waals surface area contributed by atoms with Crippen LogP contribution in [0.25, 0.3) is 0 Å². The van der Waals surface area contributed by atoms with Crippen LogP contribution in [0.15, 0.2) is 41.8 Å². The summed E-state index contributed by atoms with van der Waals surface area (Å²) in [5.74, 6) is 0.853. The number of para-hydroxylation sites is 1. The van der Waals surface area contributed by atoms with E-state index in [2.05, 4.69) is 36.2 Å². The van der Waals surface area contributed by atoms with Crippen molar-refractivity contribution in [3.05, 3.63) is 68.2 Å². The van der Waals surface area contributed by atoms with Crippen molar-refractivity contribution < 1.29 is 9.53 Å². The molecule has 0 saturated carbocycles. The van der Waals surface area contributed by atoms with Crippen LogP contribution < -0.4 is 10.1 Å². The summed E-state index contributed by atoms with van der Waals surface area (Å²) in [4.78, 5) is 17.3. The number of hydrogen-bond donors (Lipinski definition) is 1. The zero-order valence-corrected chi connectivity index (χ0v) is 18.7. The average molecular weight is 427 g/mol. The van der Waals surface area contributed by atoms with Crippen LogP contribution >= 0.6 is 22.7 Å². The van der Waals surface area contributed by atoms with Gasteiger partial charge in [-0.2, -0.15) is 0 Å². The van der Waals surface area contributed by atoms with Crippen molar-refractivity contribution in [2.24, 2.45) is 0 Å². The van der Waals surface area contributed by atoms with Gasteiger partial charge in [-0.15, -0.1) is 22.7 Å². The van der Waals surface area contributed by atoms with Crippen molar-refractivity contribution in [1.29, 1.82) is 0 Å². The number of ether oxygens (including phenoxy) is 1. The molecule has 1 aromatic carbocycles. The Labute approximate surface area is 180 Å². The summed E-state index contributed by atoms with van der Waals surface area (Å²) < 4.78 is 5.72. The molecule has 0 aliphatic carbocycles. The second-order valence-corrected chi connectivity index (χ2v) is 9.52. The molecule has 0 unspecified atom stereocenters. The fraction of sp³-hybridized carbons (Fsp3) is 0.348. The molecule has 1 aliphatic heterocycles. The van der Waals surface area contributed by atoms with Gasteiger partial charge in [0, 0.05) is 16.0 Å². The number of benzene rings is 1. The molecule has 1 aliphatic rings. The van der Waals surface area contributed by atoms with Gasteiger partial charge in [0.1, 0.15) is 10.8 Å². The number of carbonyl (C=O) groups excluding carboxylic acids is 1. The largest absolute Gasteiger partial charge is 0.496 e. The van der Waals surface area contributed by atoms with Crippen LogP contribution in [0.1, 0.15) is 50.1 Å². The summed E-state index contributed by atoms with van der Waals surface area (Å²) in [5, 5.41) is 6.09. The number of amides is 1. The molecular formula is C23H26N2O2S2. The third kappa shape index (κ3) is 3.97. The van der Waals surface area contributed by atoms with Gasteiger partial charge >= 0.3 is 0 Å². The topological polar surface area (TPSA) is 41.6 Å². The highest BCUT2D eigenvalue weighted by molar-refractivity contribution is 7.17. The van der Waals surface area contributed by atoms with Crippen LogP contribution in [0.5, 0.6) is 5.75 Å². The van der Waals surface area contributed by atoms with Gasteiger partial charge in [-0.1, -0.05) is 24.3 Å². The van der Waals surface area contributed by atoms with Gasteiger partial charge in [0.15, 0.2) is 0 Å². The van der Waals surface area contributed by atoms with Crippen LogP contribution in [0.3, 0.4) is 0 Å². The van der Waals surface area contributed by atoms with Crippen molar-refractivity contribution in [1.82, 2.24) is 4.90 Å². The predicted octanol–water partition coefficient (Wildman–Crippen LogP) is 5.87. The highest BCUT2D eigenvalue weighted by atomic mass is 32.1. The Morgan fingerprint density at radius 3 is 2.59 bits per heavy atom. The number of aryl methyl sites for hydroxylation is 1. The lowest BCUT2D eigenvalue weighted by Gasteiger charge is -2.30. The lowest BCUT2D eigenvalue weighted by molar-refractivity contribution is 0.103. The molecule has 2 aromatic heterocycles. The molecule has 0 spiro atoms. The van der Waals surface area contributed by atoms with Gasteiger partial charge in [0.05, 0.1) is 18.0 Å². The number of rotatable bonds is 6. The number of hydrogen-bond acceptors (Lipinski definition) is 5. The van der Waals surface area contributed by atoms with E-state index in [0.717, 1.165) is 34.3 Å². The van der Waals surface area contributed by atoms with E-state index in [1.54, 1.807) is 18.4 Å². The van der Waals surface area contributed by atoms with E-state index in [0.29, 0.717) is 0 Å². The highest BCUT2D eigenvalue weighted by Gasteiger charge is 2.32. The number of likely N-dealkylation sites (tertiary alicyclic amines) is 1. The predicted molar refractivity (Wildman–Crippen MR) is 122 cm³/mol. The van der Waals surface area contributed by atoms with Crippen LogP contribution in [0.2, 0.25) is 0 Å². The van der Waals surface area contributed by atoms with Crippen molar-refractivity contribution >= 4 is 33.6 Å². The molecule has 1 N–H and O–H groups in total. The Hall–Kier alpha value is -2.15. The SMILES string of the molecule is COc1ccccc1[C@@H](c1c(NC(=O)c2cccs2)sc(C)c1C)N1CCCC1. The Bertz CT molecular complexity index is 988. The fourth-order valence-electron chi connectivity index (χ4n) is 4.07. The maximum atomic E-state index is 12.8. The summed E-state index contributed by atoms with van der Waals surface area (Å²) in [7, 11) is 1.73. The summed E-state index contributed by atoms with van der Waals surface area (Å²) in [6, 6.07) is 12.1. The molecule has 3 aromatic rings. The maximum Gasteiger partial charge on any atom is 0.266 e. The van der Waals surface area contributed by atoms with Gasteiger partial charge < -0.3 is 10.1 Å². The van der Waals surface area contributed by atoms with E-state index in [4.69, 9.17) is 4.74 Å². The number of methoxy groups -OCH3 is 1. The number of nitrogens with zero attached hydrogens (tertiary/aromatic N) is 1. The molecule has 152 valence electrons. The molecule has 29 heavy (non-hydrogen) atoms. The first kappa shape index (κ1) is 20.1. The van der Waals surface area contributed by atoms with Crippen LogP contribution in [-0.2, 0) is 0 Å². The lowest BCUT2D eigenvalue weighted by Crippen LogP contribution is -2.28. The minimum absolute atomic E-state index is 0.0392. The minimum atomic E-state index is -0.0392. The van der Waals surface area contributed by atoms with Crippen molar-refractivity contribution in [2.75, 3.05) is 25.5 Å². The zero-order valence-electron chi connectivity index (χ0n) is 17.0. The number of anilines is 1. The Morgan fingerprint density at radius 2 is 1.90 bits per heavy atom. The fourth-order valence-corrected chi connectivity index (χ4v) is 5.77. The molecular weight excluding hydrogens is 400 g/mol. The second kappa shape index (κ2) is 8.69. The Morgan fingerprint density at radius 1 is 1.14 bits per heavy atom. The Kier molecular flexibility index (Phi) is 6.04. The lowest BCUT2D eigenvalue weighted by atomic mass is 9.94. The summed E-state index contributed by atoms with van der Waals surface area (Å²) in [6.07, 6.45) is 2.40. The normalized spacial score (nSPS) is 15.4. The summed E-state index contributed by atoms with van der Waals surface area (Å²) in [5.41, 5.74) is 3.60. The minimum Gasteiger partial charge on any atom is -0.496 e. The number of thiophene rings is 2. The third-order valence-electron chi connectivity index (χ3n) is 5.62. The molecule has 4 nitrogen and oxygen atoms in total.